The molecule has 6 heteroatoms. The second-order valence-corrected chi connectivity index (χ2v) is 5.86. The second-order valence-electron chi connectivity index (χ2n) is 5.86. The number of carbonyl (C=O) groups is 2. The number of ether oxygens (including phenoxy) is 1. The highest BCUT2D eigenvalue weighted by Crippen LogP contribution is 2.23. The summed E-state index contributed by atoms with van der Waals surface area (Å²) < 4.78 is 5.33. The molecule has 0 spiro atoms. The molecule has 1 fully saturated rings. The van der Waals surface area contributed by atoms with E-state index in [-0.39, 0.29) is 31.4 Å². The predicted octanol–water partition coefficient (Wildman–Crippen LogP) is 1.72. The van der Waals surface area contributed by atoms with Gasteiger partial charge in [-0.15, -0.1) is 0 Å². The predicted molar refractivity (Wildman–Crippen MR) is 85.3 cm³/mol. The van der Waals surface area contributed by atoms with Crippen molar-refractivity contribution in [1.82, 2.24) is 9.88 Å². The van der Waals surface area contributed by atoms with E-state index in [0.29, 0.717) is 13.2 Å². The van der Waals surface area contributed by atoms with Crippen molar-refractivity contribution >= 4 is 22.8 Å². The highest BCUT2D eigenvalue weighted by molar-refractivity contribution is 5.90. The van der Waals surface area contributed by atoms with Gasteiger partial charge in [0.1, 0.15) is 0 Å². The lowest BCUT2D eigenvalue weighted by Gasteiger charge is -2.35. The Labute approximate surface area is 134 Å². The van der Waals surface area contributed by atoms with E-state index in [4.69, 9.17) is 9.84 Å². The molecule has 1 aromatic carbocycles. The number of aromatic nitrogens is 1. The molecule has 3 rings (SSSR count). The Balaban J connectivity index is 1.81. The van der Waals surface area contributed by atoms with Crippen molar-refractivity contribution in [2.45, 2.75) is 25.8 Å². The van der Waals surface area contributed by atoms with Crippen molar-refractivity contribution in [3.05, 3.63) is 35.5 Å². The van der Waals surface area contributed by atoms with E-state index in [2.05, 4.69) is 4.98 Å². The SMILES string of the molecule is Cc1[nH]c2ccccc2c1CC(=O)N1CCOCC1CC(=O)O. The zero-order chi connectivity index (χ0) is 16.4. The number of nitrogens with zero attached hydrogens (tertiary/aromatic N) is 1. The van der Waals surface area contributed by atoms with Crippen molar-refractivity contribution in [1.29, 1.82) is 0 Å². The van der Waals surface area contributed by atoms with Gasteiger partial charge in [-0.2, -0.15) is 0 Å². The number of H-pyrrole nitrogens is 1. The van der Waals surface area contributed by atoms with Gasteiger partial charge in [0, 0.05) is 23.1 Å². The lowest BCUT2D eigenvalue weighted by Crippen LogP contribution is -2.50. The summed E-state index contributed by atoms with van der Waals surface area (Å²) in [5.74, 6) is -0.964. The van der Waals surface area contributed by atoms with Crippen LogP contribution in [0, 0.1) is 6.92 Å². The fraction of sp³-hybridized carbons (Fsp3) is 0.412. The maximum atomic E-state index is 12.7. The molecule has 0 saturated carbocycles. The van der Waals surface area contributed by atoms with Crippen molar-refractivity contribution in [3.8, 4) is 0 Å². The van der Waals surface area contributed by atoms with E-state index >= 15 is 0 Å². The lowest BCUT2D eigenvalue weighted by atomic mass is 10.1. The van der Waals surface area contributed by atoms with Crippen LogP contribution >= 0.6 is 0 Å². The molecule has 2 N–H and O–H groups in total. The quantitative estimate of drug-likeness (QED) is 0.900. The molecular formula is C17H20N2O4. The monoisotopic (exact) mass is 316 g/mol. The number of benzene rings is 1. The number of carboxylic acids is 1. The van der Waals surface area contributed by atoms with Crippen LogP contribution in [0.15, 0.2) is 24.3 Å². The Bertz CT molecular complexity index is 737. The number of hydrogen-bond donors (Lipinski definition) is 2. The molecule has 2 aromatic rings. The fourth-order valence-corrected chi connectivity index (χ4v) is 3.17. The van der Waals surface area contributed by atoms with Crippen LogP contribution in [0.1, 0.15) is 17.7 Å². The van der Waals surface area contributed by atoms with Crippen LogP contribution in [0.3, 0.4) is 0 Å². The number of amides is 1. The van der Waals surface area contributed by atoms with E-state index in [1.165, 1.54) is 0 Å². The van der Waals surface area contributed by atoms with Crippen LogP contribution in [-0.2, 0) is 20.7 Å². The minimum atomic E-state index is -0.915. The van der Waals surface area contributed by atoms with E-state index in [0.717, 1.165) is 22.2 Å². The molecule has 1 atom stereocenters. The number of nitrogens with one attached hydrogen (secondary N) is 1. The molecule has 1 amide bonds. The summed E-state index contributed by atoms with van der Waals surface area (Å²) in [5, 5.41) is 10.1. The largest absolute Gasteiger partial charge is 0.481 e. The van der Waals surface area contributed by atoms with Gasteiger partial charge in [0.2, 0.25) is 5.91 Å². The van der Waals surface area contributed by atoms with Crippen LogP contribution < -0.4 is 0 Å². The molecule has 1 aliphatic heterocycles. The molecule has 1 saturated heterocycles. The summed E-state index contributed by atoms with van der Waals surface area (Å²) in [7, 11) is 0. The molecule has 0 radical (unpaired) electrons. The molecule has 1 aliphatic rings. The number of fused-ring (bicyclic) bond motifs is 1. The third-order valence-electron chi connectivity index (χ3n) is 4.31. The number of carbonyl (C=O) groups excluding carboxylic acids is 1. The van der Waals surface area contributed by atoms with E-state index < -0.39 is 5.97 Å². The topological polar surface area (TPSA) is 82.6 Å². The molecule has 122 valence electrons. The zero-order valence-corrected chi connectivity index (χ0v) is 13.0. The van der Waals surface area contributed by atoms with Crippen molar-refractivity contribution in [2.24, 2.45) is 0 Å². The number of rotatable bonds is 4. The number of hydrogen-bond acceptors (Lipinski definition) is 3. The van der Waals surface area contributed by atoms with E-state index in [1.807, 2.05) is 31.2 Å². The summed E-state index contributed by atoms with van der Waals surface area (Å²) >= 11 is 0. The van der Waals surface area contributed by atoms with Gasteiger partial charge in [-0.1, -0.05) is 18.2 Å². The number of para-hydroxylation sites is 1. The van der Waals surface area contributed by atoms with Gasteiger partial charge in [0.15, 0.2) is 0 Å². The Morgan fingerprint density at radius 3 is 2.96 bits per heavy atom. The third kappa shape index (κ3) is 3.22. The highest BCUT2D eigenvalue weighted by Gasteiger charge is 2.29. The van der Waals surface area contributed by atoms with Gasteiger partial charge in [0.25, 0.3) is 0 Å². The van der Waals surface area contributed by atoms with Gasteiger partial charge in [-0.3, -0.25) is 9.59 Å². The maximum absolute atomic E-state index is 12.7. The van der Waals surface area contributed by atoms with Crippen LogP contribution in [0.25, 0.3) is 10.9 Å². The number of carboxylic acid groups (broad SMARTS) is 1. The second kappa shape index (κ2) is 6.42. The summed E-state index contributed by atoms with van der Waals surface area (Å²) in [6.45, 7) is 3.13. The van der Waals surface area contributed by atoms with Crippen LogP contribution in [0.4, 0.5) is 0 Å². The average Bonchev–Trinajstić information content (AvgIpc) is 2.83. The van der Waals surface area contributed by atoms with Gasteiger partial charge >= 0.3 is 5.97 Å². The average molecular weight is 316 g/mol. The molecule has 1 unspecified atom stereocenters. The summed E-state index contributed by atoms with van der Waals surface area (Å²) in [6, 6.07) is 7.49. The maximum Gasteiger partial charge on any atom is 0.305 e. The van der Waals surface area contributed by atoms with Crippen molar-refractivity contribution in [2.75, 3.05) is 19.8 Å². The minimum Gasteiger partial charge on any atom is -0.481 e. The molecule has 0 aliphatic carbocycles. The Morgan fingerprint density at radius 1 is 1.39 bits per heavy atom. The Hall–Kier alpha value is -2.34. The Morgan fingerprint density at radius 2 is 2.17 bits per heavy atom. The summed E-state index contributed by atoms with van der Waals surface area (Å²) in [6.07, 6.45) is 0.185. The fourth-order valence-electron chi connectivity index (χ4n) is 3.17. The van der Waals surface area contributed by atoms with Gasteiger partial charge < -0.3 is 19.7 Å². The first-order valence-corrected chi connectivity index (χ1v) is 7.71. The Kier molecular flexibility index (Phi) is 4.34. The summed E-state index contributed by atoms with van der Waals surface area (Å²) in [5.41, 5.74) is 2.96. The number of aliphatic carboxylic acids is 1. The van der Waals surface area contributed by atoms with Gasteiger partial charge in [-0.25, -0.2) is 0 Å². The highest BCUT2D eigenvalue weighted by atomic mass is 16.5. The number of aryl methyl sites for hydroxylation is 1. The molecule has 23 heavy (non-hydrogen) atoms. The third-order valence-corrected chi connectivity index (χ3v) is 4.31. The standard InChI is InChI=1S/C17H20N2O4/c1-11-14(13-4-2-3-5-15(13)18-11)9-16(20)19-6-7-23-10-12(19)8-17(21)22/h2-5,12,18H,6-10H2,1H3,(H,21,22). The number of morpholine rings is 1. The normalized spacial score (nSPS) is 18.3. The first-order valence-electron chi connectivity index (χ1n) is 7.71. The van der Waals surface area contributed by atoms with Crippen LogP contribution in [0.5, 0.6) is 0 Å². The molecular weight excluding hydrogens is 296 g/mol. The van der Waals surface area contributed by atoms with Gasteiger partial charge in [0.05, 0.1) is 32.1 Å². The minimum absolute atomic E-state index is 0.0487. The van der Waals surface area contributed by atoms with Crippen molar-refractivity contribution < 1.29 is 19.4 Å². The van der Waals surface area contributed by atoms with Crippen molar-refractivity contribution in [3.63, 3.8) is 0 Å². The molecule has 2 heterocycles. The molecule has 1 aromatic heterocycles. The zero-order valence-electron chi connectivity index (χ0n) is 13.0. The van der Waals surface area contributed by atoms with E-state index in [1.54, 1.807) is 4.90 Å². The van der Waals surface area contributed by atoms with Gasteiger partial charge in [-0.05, 0) is 18.6 Å². The van der Waals surface area contributed by atoms with E-state index in [9.17, 15) is 9.59 Å². The van der Waals surface area contributed by atoms with Crippen LogP contribution in [-0.4, -0.2) is 52.7 Å². The van der Waals surface area contributed by atoms with Crippen LogP contribution in [0.2, 0.25) is 0 Å². The smallest absolute Gasteiger partial charge is 0.305 e. The molecule has 6 nitrogen and oxygen atoms in total. The first-order chi connectivity index (χ1) is 11.1. The molecule has 0 bridgehead atoms. The first kappa shape index (κ1) is 15.6. The lowest BCUT2D eigenvalue weighted by molar-refractivity contribution is -0.145. The summed E-state index contributed by atoms with van der Waals surface area (Å²) in [4.78, 5) is 28.6. The number of aromatic amines is 1.